The summed E-state index contributed by atoms with van der Waals surface area (Å²) < 4.78 is 1.22. The van der Waals surface area contributed by atoms with E-state index in [9.17, 15) is 0 Å². The lowest BCUT2D eigenvalue weighted by atomic mass is 10.2. The Labute approximate surface area is 115 Å². The molecule has 0 amide bonds. The van der Waals surface area contributed by atoms with Crippen LogP contribution in [0.4, 0.5) is 5.82 Å². The van der Waals surface area contributed by atoms with Gasteiger partial charge in [0.05, 0.1) is 20.9 Å². The highest BCUT2D eigenvalue weighted by Gasteiger charge is 2.09. The largest absolute Gasteiger partial charge is 0.373 e. The monoisotopic (exact) mass is 270 g/mol. The van der Waals surface area contributed by atoms with Crippen LogP contribution in [0.2, 0.25) is 0 Å². The number of rotatable bonds is 3. The van der Waals surface area contributed by atoms with Crippen LogP contribution in [0.15, 0.2) is 30.6 Å². The molecule has 0 saturated heterocycles. The Kier molecular flexibility index (Phi) is 3.13. The third-order valence-electron chi connectivity index (χ3n) is 3.08. The average Bonchev–Trinajstić information content (AvgIpc) is 2.83. The molecule has 0 aliphatic carbocycles. The van der Waals surface area contributed by atoms with Crippen LogP contribution in [-0.4, -0.2) is 22.0 Å². The normalized spacial score (nSPS) is 10.8. The van der Waals surface area contributed by atoms with Crippen LogP contribution in [0.3, 0.4) is 0 Å². The minimum Gasteiger partial charge on any atom is -0.373 e. The first-order valence-corrected chi connectivity index (χ1v) is 6.92. The highest BCUT2D eigenvalue weighted by atomic mass is 32.1. The van der Waals surface area contributed by atoms with Crippen molar-refractivity contribution in [3.63, 3.8) is 0 Å². The van der Waals surface area contributed by atoms with Gasteiger partial charge in [0, 0.05) is 19.0 Å². The molecule has 0 bridgehead atoms. The van der Waals surface area contributed by atoms with Crippen LogP contribution in [0.1, 0.15) is 16.3 Å². The molecule has 0 fully saturated rings. The van der Waals surface area contributed by atoms with Gasteiger partial charge in [0.1, 0.15) is 12.1 Å². The van der Waals surface area contributed by atoms with Crippen LogP contribution in [0.25, 0.3) is 10.2 Å². The Bertz CT molecular complexity index is 687. The van der Waals surface area contributed by atoms with E-state index in [1.807, 2.05) is 32.2 Å². The zero-order chi connectivity index (χ0) is 13.2. The molecule has 19 heavy (non-hydrogen) atoms. The SMILES string of the molecule is CNc1ncnc(Cc2nc3ccccc3s2)c1C. The highest BCUT2D eigenvalue weighted by Crippen LogP contribution is 2.24. The summed E-state index contributed by atoms with van der Waals surface area (Å²) in [5.41, 5.74) is 3.17. The van der Waals surface area contributed by atoms with Crippen molar-refractivity contribution < 1.29 is 0 Å². The zero-order valence-electron chi connectivity index (χ0n) is 10.8. The van der Waals surface area contributed by atoms with Gasteiger partial charge in [-0.15, -0.1) is 11.3 Å². The minimum atomic E-state index is 0.752. The molecule has 3 rings (SSSR count). The molecule has 0 radical (unpaired) electrons. The van der Waals surface area contributed by atoms with E-state index in [1.54, 1.807) is 17.7 Å². The van der Waals surface area contributed by atoms with Crippen LogP contribution in [-0.2, 0) is 6.42 Å². The summed E-state index contributed by atoms with van der Waals surface area (Å²) in [6.07, 6.45) is 2.35. The number of anilines is 1. The minimum absolute atomic E-state index is 0.752. The lowest BCUT2D eigenvalue weighted by Gasteiger charge is -2.07. The highest BCUT2D eigenvalue weighted by molar-refractivity contribution is 7.18. The van der Waals surface area contributed by atoms with Gasteiger partial charge in [-0.3, -0.25) is 0 Å². The van der Waals surface area contributed by atoms with E-state index in [0.29, 0.717) is 0 Å². The van der Waals surface area contributed by atoms with Crippen molar-refractivity contribution in [1.82, 2.24) is 15.0 Å². The molecule has 5 heteroatoms. The molecule has 0 atom stereocenters. The van der Waals surface area contributed by atoms with E-state index in [4.69, 9.17) is 0 Å². The molecule has 1 N–H and O–H groups in total. The maximum absolute atomic E-state index is 4.64. The number of thiazole rings is 1. The Balaban J connectivity index is 1.96. The topological polar surface area (TPSA) is 50.7 Å². The lowest BCUT2D eigenvalue weighted by molar-refractivity contribution is 0.989. The zero-order valence-corrected chi connectivity index (χ0v) is 11.7. The fourth-order valence-electron chi connectivity index (χ4n) is 2.06. The fourth-order valence-corrected chi connectivity index (χ4v) is 3.03. The summed E-state index contributed by atoms with van der Waals surface area (Å²) in [6.45, 7) is 2.04. The van der Waals surface area contributed by atoms with Crippen molar-refractivity contribution in [2.45, 2.75) is 13.3 Å². The third kappa shape index (κ3) is 2.29. The second-order valence-electron chi connectivity index (χ2n) is 4.30. The van der Waals surface area contributed by atoms with E-state index in [1.165, 1.54) is 4.70 Å². The van der Waals surface area contributed by atoms with E-state index in [-0.39, 0.29) is 0 Å². The number of hydrogen-bond donors (Lipinski definition) is 1. The number of aromatic nitrogens is 3. The average molecular weight is 270 g/mol. The van der Waals surface area contributed by atoms with Gasteiger partial charge >= 0.3 is 0 Å². The predicted octanol–water partition coefficient (Wildman–Crippen LogP) is 3.03. The maximum Gasteiger partial charge on any atom is 0.132 e. The van der Waals surface area contributed by atoms with Gasteiger partial charge in [0.15, 0.2) is 0 Å². The van der Waals surface area contributed by atoms with Crippen molar-refractivity contribution in [1.29, 1.82) is 0 Å². The molecule has 3 aromatic rings. The van der Waals surface area contributed by atoms with Crippen molar-refractivity contribution in [3.05, 3.63) is 46.9 Å². The predicted molar refractivity (Wildman–Crippen MR) is 78.7 cm³/mol. The first-order valence-electron chi connectivity index (χ1n) is 6.10. The molecular weight excluding hydrogens is 256 g/mol. The number of benzene rings is 1. The van der Waals surface area contributed by atoms with Gasteiger partial charge in [-0.05, 0) is 19.1 Å². The summed E-state index contributed by atoms with van der Waals surface area (Å²) in [4.78, 5) is 13.2. The van der Waals surface area contributed by atoms with Crippen LogP contribution < -0.4 is 5.32 Å². The van der Waals surface area contributed by atoms with Gasteiger partial charge in [0.25, 0.3) is 0 Å². The van der Waals surface area contributed by atoms with Gasteiger partial charge in [-0.1, -0.05) is 12.1 Å². The number of nitrogens with one attached hydrogen (secondary N) is 1. The molecule has 2 heterocycles. The Morgan fingerprint density at radius 1 is 1.21 bits per heavy atom. The summed E-state index contributed by atoms with van der Waals surface area (Å²) in [5, 5.41) is 4.17. The van der Waals surface area contributed by atoms with E-state index in [0.717, 1.165) is 34.0 Å². The van der Waals surface area contributed by atoms with Crippen molar-refractivity contribution in [2.75, 3.05) is 12.4 Å². The number of fused-ring (bicyclic) bond motifs is 1. The second kappa shape index (κ2) is 4.93. The molecule has 2 aromatic heterocycles. The van der Waals surface area contributed by atoms with E-state index in [2.05, 4.69) is 26.3 Å². The Morgan fingerprint density at radius 3 is 2.84 bits per heavy atom. The summed E-state index contributed by atoms with van der Waals surface area (Å²) in [7, 11) is 1.87. The molecule has 0 aliphatic heterocycles. The molecule has 96 valence electrons. The van der Waals surface area contributed by atoms with Crippen LogP contribution in [0.5, 0.6) is 0 Å². The fraction of sp³-hybridized carbons (Fsp3) is 0.214. The quantitative estimate of drug-likeness (QED) is 0.795. The van der Waals surface area contributed by atoms with Gasteiger partial charge < -0.3 is 5.32 Å². The molecule has 0 unspecified atom stereocenters. The third-order valence-corrected chi connectivity index (χ3v) is 4.12. The summed E-state index contributed by atoms with van der Waals surface area (Å²) in [5.74, 6) is 0.881. The van der Waals surface area contributed by atoms with Crippen LogP contribution >= 0.6 is 11.3 Å². The first-order chi connectivity index (χ1) is 9.28. The smallest absolute Gasteiger partial charge is 0.132 e. The standard InChI is InChI=1S/C14H14N4S/c1-9-11(16-8-17-14(9)15-2)7-13-18-10-5-3-4-6-12(10)19-13/h3-6,8H,7H2,1-2H3,(H,15,16,17). The number of nitrogens with zero attached hydrogens (tertiary/aromatic N) is 3. The molecule has 0 aliphatic rings. The van der Waals surface area contributed by atoms with Crippen LogP contribution in [0, 0.1) is 6.92 Å². The van der Waals surface area contributed by atoms with E-state index < -0.39 is 0 Å². The van der Waals surface area contributed by atoms with Gasteiger partial charge in [0.2, 0.25) is 0 Å². The van der Waals surface area contributed by atoms with Crippen molar-refractivity contribution >= 4 is 27.4 Å². The summed E-state index contributed by atoms with van der Waals surface area (Å²) >= 11 is 1.72. The molecule has 0 spiro atoms. The molecule has 1 aromatic carbocycles. The Morgan fingerprint density at radius 2 is 2.05 bits per heavy atom. The molecular formula is C14H14N4S. The molecule has 0 saturated carbocycles. The Hall–Kier alpha value is -2.01. The van der Waals surface area contributed by atoms with E-state index >= 15 is 0 Å². The van der Waals surface area contributed by atoms with Gasteiger partial charge in [-0.25, -0.2) is 15.0 Å². The summed E-state index contributed by atoms with van der Waals surface area (Å²) in [6, 6.07) is 8.20. The number of hydrogen-bond acceptors (Lipinski definition) is 5. The van der Waals surface area contributed by atoms with Crippen molar-refractivity contribution in [2.24, 2.45) is 0 Å². The first kappa shape index (κ1) is 12.0. The van der Waals surface area contributed by atoms with Crippen molar-refractivity contribution in [3.8, 4) is 0 Å². The second-order valence-corrected chi connectivity index (χ2v) is 5.41. The maximum atomic E-state index is 4.64. The number of para-hydroxylation sites is 1. The van der Waals surface area contributed by atoms with Gasteiger partial charge in [-0.2, -0.15) is 0 Å². The lowest BCUT2D eigenvalue weighted by Crippen LogP contribution is -2.02. The molecule has 4 nitrogen and oxygen atoms in total.